The Morgan fingerprint density at radius 2 is 1.81 bits per heavy atom. The van der Waals surface area contributed by atoms with Crippen molar-refractivity contribution in [1.82, 2.24) is 19.5 Å². The van der Waals surface area contributed by atoms with Crippen molar-refractivity contribution in [3.05, 3.63) is 78.2 Å². The molecular weight excluding hydrogens is 360 g/mol. The third-order valence-electron chi connectivity index (χ3n) is 4.53. The van der Waals surface area contributed by atoms with Gasteiger partial charge >= 0.3 is 0 Å². The molecule has 0 aliphatic heterocycles. The van der Waals surface area contributed by atoms with Crippen LogP contribution < -0.4 is 4.72 Å². The van der Waals surface area contributed by atoms with Crippen molar-refractivity contribution in [3.63, 3.8) is 0 Å². The predicted molar refractivity (Wildman–Crippen MR) is 105 cm³/mol. The van der Waals surface area contributed by atoms with Crippen LogP contribution in [0.1, 0.15) is 11.3 Å². The highest BCUT2D eigenvalue weighted by molar-refractivity contribution is 7.89. The Balaban J connectivity index is 1.50. The number of sulfonamides is 1. The second kappa shape index (κ2) is 7.02. The van der Waals surface area contributed by atoms with Crippen LogP contribution in [0.2, 0.25) is 0 Å². The van der Waals surface area contributed by atoms with Gasteiger partial charge in [-0.05, 0) is 37.1 Å². The van der Waals surface area contributed by atoms with Crippen LogP contribution in [0.5, 0.6) is 0 Å². The van der Waals surface area contributed by atoms with Crippen LogP contribution in [-0.4, -0.2) is 29.7 Å². The van der Waals surface area contributed by atoms with Gasteiger partial charge in [-0.3, -0.25) is 0 Å². The number of aromatic nitrogens is 3. The minimum Gasteiger partial charge on any atom is -0.361 e. The first-order valence-corrected chi connectivity index (χ1v) is 10.2. The Hall–Kier alpha value is -2.90. The molecule has 0 saturated carbocycles. The lowest BCUT2D eigenvalue weighted by molar-refractivity contribution is 0.581. The number of aryl methyl sites for hydroxylation is 1. The zero-order chi connectivity index (χ0) is 18.9. The Morgan fingerprint density at radius 3 is 2.63 bits per heavy atom. The van der Waals surface area contributed by atoms with Gasteiger partial charge in [-0.25, -0.2) is 17.8 Å². The highest BCUT2D eigenvalue weighted by Crippen LogP contribution is 2.19. The molecule has 0 unspecified atom stereocenters. The number of para-hydroxylation sites is 2. The van der Waals surface area contributed by atoms with Crippen molar-refractivity contribution in [2.75, 3.05) is 6.54 Å². The highest BCUT2D eigenvalue weighted by atomic mass is 32.2. The fourth-order valence-corrected chi connectivity index (χ4v) is 4.35. The third-order valence-corrected chi connectivity index (χ3v) is 6.09. The second-order valence-corrected chi connectivity index (χ2v) is 8.10. The molecule has 27 heavy (non-hydrogen) atoms. The van der Waals surface area contributed by atoms with Gasteiger partial charge in [0.05, 0.1) is 17.6 Å². The van der Waals surface area contributed by atoms with Crippen molar-refractivity contribution >= 4 is 20.9 Å². The molecule has 0 aliphatic rings. The summed E-state index contributed by atoms with van der Waals surface area (Å²) < 4.78 is 29.7. The van der Waals surface area contributed by atoms with E-state index in [0.29, 0.717) is 18.7 Å². The Labute approximate surface area is 157 Å². The van der Waals surface area contributed by atoms with Crippen LogP contribution in [0.4, 0.5) is 0 Å². The van der Waals surface area contributed by atoms with Gasteiger partial charge in [0.1, 0.15) is 4.90 Å². The monoisotopic (exact) mass is 380 g/mol. The fraction of sp³-hybridized carbons (Fsp3) is 0.150. The molecule has 0 spiro atoms. The molecule has 138 valence electrons. The molecule has 0 aliphatic carbocycles. The number of hydrogen-bond donors (Lipinski definition) is 2. The molecule has 0 amide bonds. The molecule has 0 radical (unpaired) electrons. The lowest BCUT2D eigenvalue weighted by Gasteiger charge is -2.05. The summed E-state index contributed by atoms with van der Waals surface area (Å²) in [7, 11) is -3.63. The zero-order valence-electron chi connectivity index (χ0n) is 14.9. The lowest BCUT2D eigenvalue weighted by Crippen LogP contribution is -2.26. The van der Waals surface area contributed by atoms with E-state index in [-0.39, 0.29) is 4.90 Å². The second-order valence-electron chi connectivity index (χ2n) is 6.37. The van der Waals surface area contributed by atoms with Gasteiger partial charge in [-0.15, -0.1) is 0 Å². The average Bonchev–Trinajstić information content (AvgIpc) is 3.27. The van der Waals surface area contributed by atoms with Crippen LogP contribution in [0, 0.1) is 6.92 Å². The maximum atomic E-state index is 12.7. The third kappa shape index (κ3) is 3.51. The summed E-state index contributed by atoms with van der Waals surface area (Å²) in [4.78, 5) is 3.41. The van der Waals surface area contributed by atoms with Gasteiger partial charge in [0.25, 0.3) is 0 Å². The van der Waals surface area contributed by atoms with E-state index < -0.39 is 10.0 Å². The smallest absolute Gasteiger partial charge is 0.243 e. The molecule has 2 aromatic heterocycles. The Morgan fingerprint density at radius 1 is 1.07 bits per heavy atom. The van der Waals surface area contributed by atoms with Gasteiger partial charge < -0.3 is 4.98 Å². The number of benzene rings is 2. The van der Waals surface area contributed by atoms with Crippen molar-refractivity contribution < 1.29 is 8.42 Å². The van der Waals surface area contributed by atoms with E-state index in [1.807, 2.05) is 60.8 Å². The van der Waals surface area contributed by atoms with E-state index in [4.69, 9.17) is 0 Å². The molecule has 0 atom stereocenters. The number of rotatable bonds is 6. The number of H-pyrrole nitrogens is 1. The highest BCUT2D eigenvalue weighted by Gasteiger charge is 2.20. The van der Waals surface area contributed by atoms with E-state index in [2.05, 4.69) is 14.8 Å². The fourth-order valence-electron chi connectivity index (χ4n) is 3.16. The van der Waals surface area contributed by atoms with E-state index in [0.717, 1.165) is 22.2 Å². The van der Waals surface area contributed by atoms with E-state index in [1.165, 1.54) is 0 Å². The number of hydrogen-bond acceptors (Lipinski definition) is 3. The largest absolute Gasteiger partial charge is 0.361 e. The van der Waals surface area contributed by atoms with E-state index >= 15 is 0 Å². The molecule has 0 saturated heterocycles. The van der Waals surface area contributed by atoms with Gasteiger partial charge in [-0.2, -0.15) is 5.10 Å². The number of aromatic amines is 1. The number of fused-ring (bicyclic) bond motifs is 1. The van der Waals surface area contributed by atoms with Crippen molar-refractivity contribution in [3.8, 4) is 5.69 Å². The quantitative estimate of drug-likeness (QED) is 0.539. The van der Waals surface area contributed by atoms with Crippen LogP contribution in [0.15, 0.2) is 71.9 Å². The maximum Gasteiger partial charge on any atom is 0.243 e. The molecule has 7 heteroatoms. The van der Waals surface area contributed by atoms with Crippen LogP contribution in [0.3, 0.4) is 0 Å². The molecule has 0 fully saturated rings. The number of nitrogens with zero attached hydrogens (tertiary/aromatic N) is 2. The molecular formula is C20H20N4O2S. The molecule has 4 aromatic rings. The Bertz CT molecular complexity index is 1180. The summed E-state index contributed by atoms with van der Waals surface area (Å²) >= 11 is 0. The van der Waals surface area contributed by atoms with E-state index in [9.17, 15) is 8.42 Å². The maximum absolute atomic E-state index is 12.7. The van der Waals surface area contributed by atoms with Crippen LogP contribution in [0.25, 0.3) is 16.6 Å². The summed E-state index contributed by atoms with van der Waals surface area (Å²) in [5, 5.41) is 5.45. The summed E-state index contributed by atoms with van der Waals surface area (Å²) in [6, 6.07) is 17.4. The van der Waals surface area contributed by atoms with Crippen LogP contribution in [-0.2, 0) is 16.4 Å². The molecule has 0 bridgehead atoms. The zero-order valence-corrected chi connectivity index (χ0v) is 15.7. The van der Waals surface area contributed by atoms with Gasteiger partial charge in [0, 0.05) is 23.6 Å². The lowest BCUT2D eigenvalue weighted by atomic mass is 10.1. The molecule has 6 nitrogen and oxygen atoms in total. The van der Waals surface area contributed by atoms with Crippen molar-refractivity contribution in [2.45, 2.75) is 18.2 Å². The summed E-state index contributed by atoms with van der Waals surface area (Å²) in [6.45, 7) is 2.02. The van der Waals surface area contributed by atoms with Gasteiger partial charge in [0.15, 0.2) is 0 Å². The summed E-state index contributed by atoms with van der Waals surface area (Å²) in [5.41, 5.74) is 3.43. The number of nitrogens with one attached hydrogen (secondary N) is 2. The topological polar surface area (TPSA) is 79.8 Å². The van der Waals surface area contributed by atoms with Gasteiger partial charge in [0.2, 0.25) is 10.0 Å². The molecule has 2 aromatic carbocycles. The standard InChI is InChI=1S/C20H20N4O2S/c1-15-20(14-24(23-15)17-7-3-2-4-8-17)27(25,26)22-12-11-16-13-21-19-10-6-5-9-18(16)19/h2-10,13-14,21-22H,11-12H2,1H3. The minimum atomic E-state index is -3.63. The molecule has 2 N–H and O–H groups in total. The molecule has 2 heterocycles. The average molecular weight is 380 g/mol. The summed E-state index contributed by atoms with van der Waals surface area (Å²) in [5.74, 6) is 0. The predicted octanol–water partition coefficient (Wildman–Crippen LogP) is 3.18. The van der Waals surface area contributed by atoms with E-state index in [1.54, 1.807) is 17.8 Å². The first kappa shape index (κ1) is 17.5. The van der Waals surface area contributed by atoms with Crippen molar-refractivity contribution in [2.24, 2.45) is 0 Å². The van der Waals surface area contributed by atoms with Crippen molar-refractivity contribution in [1.29, 1.82) is 0 Å². The van der Waals surface area contributed by atoms with Gasteiger partial charge in [-0.1, -0.05) is 36.4 Å². The molecule has 4 rings (SSSR count). The minimum absolute atomic E-state index is 0.199. The Kier molecular flexibility index (Phi) is 4.55. The summed E-state index contributed by atoms with van der Waals surface area (Å²) in [6.07, 6.45) is 4.09. The first-order chi connectivity index (χ1) is 13.0. The first-order valence-electron chi connectivity index (χ1n) is 8.71. The van der Waals surface area contributed by atoms with Crippen LogP contribution >= 0.6 is 0 Å². The normalized spacial score (nSPS) is 11.9. The SMILES string of the molecule is Cc1nn(-c2ccccc2)cc1S(=O)(=O)NCCc1c[nH]c2ccccc12.